The van der Waals surface area contributed by atoms with Gasteiger partial charge in [0.15, 0.2) is 0 Å². The summed E-state index contributed by atoms with van der Waals surface area (Å²) in [6, 6.07) is 0. The maximum absolute atomic E-state index is 12.0. The lowest BCUT2D eigenvalue weighted by Crippen LogP contribution is -2.56. The molecular weight excluding hydrogens is 200 g/mol. The van der Waals surface area contributed by atoms with Crippen LogP contribution in [0.2, 0.25) is 0 Å². The molecule has 1 atom stereocenters. The van der Waals surface area contributed by atoms with E-state index in [1.165, 1.54) is 0 Å². The Kier molecular flexibility index (Phi) is 6.65. The topological polar surface area (TPSA) is 41.1 Å². The van der Waals surface area contributed by atoms with E-state index in [1.807, 2.05) is 13.8 Å². The molecule has 1 unspecified atom stereocenters. The Morgan fingerprint density at radius 1 is 1.19 bits per heavy atom. The first kappa shape index (κ1) is 15.4. The van der Waals surface area contributed by atoms with E-state index in [0.717, 1.165) is 13.0 Å². The highest BCUT2D eigenvalue weighted by molar-refractivity contribution is 5.85. The molecular formula is C13H28N2O. The maximum atomic E-state index is 12.0. The number of rotatable bonds is 7. The minimum absolute atomic E-state index is 0.115. The number of hydrogen-bond acceptors (Lipinski definition) is 2. The van der Waals surface area contributed by atoms with Gasteiger partial charge in [-0.05, 0) is 38.6 Å². The molecule has 16 heavy (non-hydrogen) atoms. The molecule has 3 heteroatoms. The van der Waals surface area contributed by atoms with Gasteiger partial charge in [-0.15, -0.1) is 0 Å². The molecule has 0 aliphatic heterocycles. The third-order valence-electron chi connectivity index (χ3n) is 2.56. The van der Waals surface area contributed by atoms with Gasteiger partial charge in [-0.1, -0.05) is 27.7 Å². The molecule has 0 heterocycles. The molecule has 0 bridgehead atoms. The quantitative estimate of drug-likeness (QED) is 0.701. The molecule has 0 aliphatic carbocycles. The molecule has 2 N–H and O–H groups in total. The van der Waals surface area contributed by atoms with Gasteiger partial charge in [0.05, 0.1) is 5.54 Å². The second kappa shape index (κ2) is 6.89. The molecule has 0 aromatic heterocycles. The lowest BCUT2D eigenvalue weighted by Gasteiger charge is -2.32. The first-order chi connectivity index (χ1) is 7.31. The Hall–Kier alpha value is -0.570. The van der Waals surface area contributed by atoms with E-state index < -0.39 is 5.54 Å². The third-order valence-corrected chi connectivity index (χ3v) is 2.56. The predicted octanol–water partition coefficient (Wildman–Crippen LogP) is 2.17. The van der Waals surface area contributed by atoms with Crippen molar-refractivity contribution in [2.24, 2.45) is 11.8 Å². The molecule has 0 saturated carbocycles. The van der Waals surface area contributed by atoms with E-state index in [9.17, 15) is 4.79 Å². The van der Waals surface area contributed by atoms with Crippen molar-refractivity contribution in [2.45, 2.75) is 53.5 Å². The van der Waals surface area contributed by atoms with Crippen molar-refractivity contribution in [3.63, 3.8) is 0 Å². The van der Waals surface area contributed by atoms with E-state index >= 15 is 0 Å². The van der Waals surface area contributed by atoms with Gasteiger partial charge in [-0.25, -0.2) is 0 Å². The van der Waals surface area contributed by atoms with Crippen molar-refractivity contribution >= 4 is 5.91 Å². The second-order valence-electron chi connectivity index (χ2n) is 5.56. The molecule has 0 aromatic carbocycles. The number of carbonyl (C=O) groups excluding carboxylic acids is 1. The van der Waals surface area contributed by atoms with Crippen molar-refractivity contribution < 1.29 is 4.79 Å². The fraction of sp³-hybridized carbons (Fsp3) is 0.923. The summed E-state index contributed by atoms with van der Waals surface area (Å²) in [6.45, 7) is 14.1. The summed E-state index contributed by atoms with van der Waals surface area (Å²) in [4.78, 5) is 12.0. The molecule has 0 fully saturated rings. The fourth-order valence-electron chi connectivity index (χ4n) is 1.85. The van der Waals surface area contributed by atoms with Crippen LogP contribution in [0.1, 0.15) is 48.0 Å². The van der Waals surface area contributed by atoms with Crippen LogP contribution in [0, 0.1) is 11.8 Å². The highest BCUT2D eigenvalue weighted by Gasteiger charge is 2.32. The van der Waals surface area contributed by atoms with Crippen LogP contribution in [-0.2, 0) is 4.79 Å². The Morgan fingerprint density at radius 3 is 2.12 bits per heavy atom. The van der Waals surface area contributed by atoms with Gasteiger partial charge in [0, 0.05) is 6.54 Å². The number of amides is 1. The van der Waals surface area contributed by atoms with E-state index in [0.29, 0.717) is 18.4 Å². The Labute approximate surface area is 100 Å². The normalized spacial score (nSPS) is 15.2. The summed E-state index contributed by atoms with van der Waals surface area (Å²) < 4.78 is 0. The van der Waals surface area contributed by atoms with E-state index in [4.69, 9.17) is 0 Å². The Bertz CT molecular complexity index is 214. The van der Waals surface area contributed by atoms with Crippen molar-refractivity contribution in [1.82, 2.24) is 10.6 Å². The molecule has 0 rings (SSSR count). The van der Waals surface area contributed by atoms with Crippen LogP contribution in [0.3, 0.4) is 0 Å². The van der Waals surface area contributed by atoms with Crippen molar-refractivity contribution in [3.05, 3.63) is 0 Å². The average molecular weight is 228 g/mol. The van der Waals surface area contributed by atoms with Gasteiger partial charge in [0.1, 0.15) is 0 Å². The van der Waals surface area contributed by atoms with Gasteiger partial charge in [0.2, 0.25) is 5.91 Å². The largest absolute Gasteiger partial charge is 0.355 e. The highest BCUT2D eigenvalue weighted by Crippen LogP contribution is 2.17. The zero-order chi connectivity index (χ0) is 12.8. The minimum atomic E-state index is -0.436. The smallest absolute Gasteiger partial charge is 0.240 e. The summed E-state index contributed by atoms with van der Waals surface area (Å²) in [6.07, 6.45) is 0.867. The summed E-state index contributed by atoms with van der Waals surface area (Å²) in [7, 11) is 0. The van der Waals surface area contributed by atoms with Crippen LogP contribution >= 0.6 is 0 Å². The number of likely N-dealkylation sites (N-methyl/N-ethyl adjacent to an activating group) is 1. The lowest BCUT2D eigenvalue weighted by molar-refractivity contribution is -0.127. The lowest BCUT2D eigenvalue weighted by atomic mass is 9.89. The monoisotopic (exact) mass is 228 g/mol. The zero-order valence-corrected chi connectivity index (χ0v) is 11.7. The standard InChI is InChI=1S/C13H28N2O/c1-7-14-12(16)13(6,8-10(2)3)15-9-11(4)5/h10-11,15H,7-9H2,1-6H3,(H,14,16). The van der Waals surface area contributed by atoms with Crippen molar-refractivity contribution in [3.8, 4) is 0 Å². The van der Waals surface area contributed by atoms with Crippen LogP contribution in [-0.4, -0.2) is 24.5 Å². The fourth-order valence-corrected chi connectivity index (χ4v) is 1.85. The van der Waals surface area contributed by atoms with Crippen LogP contribution < -0.4 is 10.6 Å². The van der Waals surface area contributed by atoms with Gasteiger partial charge < -0.3 is 10.6 Å². The Balaban J connectivity index is 4.53. The first-order valence-electron chi connectivity index (χ1n) is 6.35. The molecule has 0 aromatic rings. The summed E-state index contributed by atoms with van der Waals surface area (Å²) in [5.74, 6) is 1.18. The van der Waals surface area contributed by atoms with Crippen LogP contribution in [0.4, 0.5) is 0 Å². The second-order valence-corrected chi connectivity index (χ2v) is 5.56. The van der Waals surface area contributed by atoms with Gasteiger partial charge in [-0.2, -0.15) is 0 Å². The summed E-state index contributed by atoms with van der Waals surface area (Å²) >= 11 is 0. The molecule has 0 spiro atoms. The third kappa shape index (κ3) is 5.50. The number of carbonyl (C=O) groups is 1. The predicted molar refractivity (Wildman–Crippen MR) is 69.4 cm³/mol. The molecule has 1 amide bonds. The van der Waals surface area contributed by atoms with E-state index in [-0.39, 0.29) is 5.91 Å². The van der Waals surface area contributed by atoms with Crippen LogP contribution in [0.25, 0.3) is 0 Å². The minimum Gasteiger partial charge on any atom is -0.355 e. The van der Waals surface area contributed by atoms with Gasteiger partial charge in [-0.3, -0.25) is 4.79 Å². The van der Waals surface area contributed by atoms with E-state index in [1.54, 1.807) is 0 Å². The molecule has 0 radical (unpaired) electrons. The van der Waals surface area contributed by atoms with Crippen molar-refractivity contribution in [1.29, 1.82) is 0 Å². The molecule has 96 valence electrons. The number of hydrogen-bond donors (Lipinski definition) is 2. The highest BCUT2D eigenvalue weighted by atomic mass is 16.2. The maximum Gasteiger partial charge on any atom is 0.240 e. The SMILES string of the molecule is CCNC(=O)C(C)(CC(C)C)NCC(C)C. The van der Waals surface area contributed by atoms with Gasteiger partial charge in [0.25, 0.3) is 0 Å². The molecule has 0 saturated heterocycles. The summed E-state index contributed by atoms with van der Waals surface area (Å²) in [5, 5.41) is 6.31. The first-order valence-corrected chi connectivity index (χ1v) is 6.35. The zero-order valence-electron chi connectivity index (χ0n) is 11.7. The molecule has 3 nitrogen and oxygen atoms in total. The summed E-state index contributed by atoms with van der Waals surface area (Å²) in [5.41, 5.74) is -0.436. The van der Waals surface area contributed by atoms with Crippen LogP contribution in [0.15, 0.2) is 0 Å². The van der Waals surface area contributed by atoms with Crippen molar-refractivity contribution in [2.75, 3.05) is 13.1 Å². The van der Waals surface area contributed by atoms with Gasteiger partial charge >= 0.3 is 0 Å². The Morgan fingerprint density at radius 2 is 1.75 bits per heavy atom. The van der Waals surface area contributed by atoms with Crippen LogP contribution in [0.5, 0.6) is 0 Å². The van der Waals surface area contributed by atoms with E-state index in [2.05, 4.69) is 38.3 Å². The molecule has 0 aliphatic rings. The average Bonchev–Trinajstić information content (AvgIpc) is 2.14. The number of nitrogens with one attached hydrogen (secondary N) is 2.